The van der Waals surface area contributed by atoms with Crippen LogP contribution >= 0.6 is 0 Å². The number of rotatable bonds is 5. The van der Waals surface area contributed by atoms with Crippen LogP contribution in [0.3, 0.4) is 0 Å². The molecule has 0 spiro atoms. The predicted molar refractivity (Wildman–Crippen MR) is 77.6 cm³/mol. The zero-order chi connectivity index (χ0) is 13.7. The van der Waals surface area contributed by atoms with Gasteiger partial charge in [-0.25, -0.2) is 0 Å². The smallest absolute Gasteiger partial charge is 0.120 e. The lowest BCUT2D eigenvalue weighted by molar-refractivity contribution is 0.275. The molecule has 0 bridgehead atoms. The van der Waals surface area contributed by atoms with Crippen LogP contribution < -0.4 is 5.32 Å². The maximum atomic E-state index is 8.90. The maximum Gasteiger partial charge on any atom is 0.120 e. The number of nitriles is 1. The molecule has 1 heterocycles. The van der Waals surface area contributed by atoms with Crippen LogP contribution in [0.2, 0.25) is 0 Å². The van der Waals surface area contributed by atoms with Crippen LogP contribution in [0.4, 0.5) is 0 Å². The van der Waals surface area contributed by atoms with Crippen LogP contribution in [-0.4, -0.2) is 11.1 Å². The Kier molecular flexibility index (Phi) is 5.04. The number of nitrogens with zero attached hydrogens (tertiary/aromatic N) is 2. The fraction of sp³-hybridized carbons (Fsp3) is 0.688. The zero-order valence-electron chi connectivity index (χ0n) is 12.2. The third-order valence-electron chi connectivity index (χ3n) is 4.37. The molecule has 0 saturated heterocycles. The molecule has 1 fully saturated rings. The first kappa shape index (κ1) is 14.1. The van der Waals surface area contributed by atoms with Crippen LogP contribution in [-0.2, 0) is 13.6 Å². The molecule has 1 aliphatic carbocycles. The largest absolute Gasteiger partial charge is 0.342 e. The highest BCUT2D eigenvalue weighted by molar-refractivity contribution is 5.28. The summed E-state index contributed by atoms with van der Waals surface area (Å²) in [6, 6.07) is 4.16. The predicted octanol–water partition coefficient (Wildman–Crippen LogP) is 3.20. The quantitative estimate of drug-likeness (QED) is 0.825. The standard InChI is InChI=1S/C16H25N3/c1-13-3-5-14(6-4-13)7-8-18-11-15-9-16(10-17)19(2)12-15/h9,12-14,18H,3-8,11H2,1-2H3. The molecule has 3 heteroatoms. The van der Waals surface area contributed by atoms with Gasteiger partial charge in [0.1, 0.15) is 11.8 Å². The van der Waals surface area contributed by atoms with Gasteiger partial charge in [0, 0.05) is 19.8 Å². The van der Waals surface area contributed by atoms with E-state index >= 15 is 0 Å². The van der Waals surface area contributed by atoms with Gasteiger partial charge in [-0.3, -0.25) is 0 Å². The summed E-state index contributed by atoms with van der Waals surface area (Å²) in [6.45, 7) is 4.34. The number of hydrogen-bond donors (Lipinski definition) is 1. The summed E-state index contributed by atoms with van der Waals surface area (Å²) in [7, 11) is 1.92. The minimum atomic E-state index is 0.734. The summed E-state index contributed by atoms with van der Waals surface area (Å²) in [5, 5.41) is 12.4. The average Bonchev–Trinajstić information content (AvgIpc) is 2.77. The molecule has 19 heavy (non-hydrogen) atoms. The Balaban J connectivity index is 1.65. The van der Waals surface area contributed by atoms with E-state index in [-0.39, 0.29) is 0 Å². The summed E-state index contributed by atoms with van der Waals surface area (Å²) in [5.41, 5.74) is 1.94. The third kappa shape index (κ3) is 4.11. The summed E-state index contributed by atoms with van der Waals surface area (Å²) >= 11 is 0. The van der Waals surface area contributed by atoms with Crippen molar-refractivity contribution in [2.24, 2.45) is 18.9 Å². The molecule has 3 nitrogen and oxygen atoms in total. The molecule has 0 radical (unpaired) electrons. The van der Waals surface area contributed by atoms with Gasteiger partial charge in [0.2, 0.25) is 0 Å². The van der Waals surface area contributed by atoms with Gasteiger partial charge in [0.25, 0.3) is 0 Å². The lowest BCUT2D eigenvalue weighted by Gasteiger charge is -2.26. The maximum absolute atomic E-state index is 8.90. The van der Waals surface area contributed by atoms with E-state index in [9.17, 15) is 0 Å². The Hall–Kier alpha value is -1.27. The fourth-order valence-corrected chi connectivity index (χ4v) is 3.00. The normalized spacial score (nSPS) is 23.2. The molecular weight excluding hydrogens is 234 g/mol. The van der Waals surface area contributed by atoms with E-state index in [1.807, 2.05) is 23.9 Å². The first-order valence-corrected chi connectivity index (χ1v) is 7.45. The number of hydrogen-bond acceptors (Lipinski definition) is 2. The average molecular weight is 259 g/mol. The molecule has 104 valence electrons. The summed E-state index contributed by atoms with van der Waals surface area (Å²) in [5.74, 6) is 1.87. The Bertz CT molecular complexity index is 433. The first-order chi connectivity index (χ1) is 9.19. The zero-order valence-corrected chi connectivity index (χ0v) is 12.2. The van der Waals surface area contributed by atoms with Gasteiger partial charge in [0.05, 0.1) is 0 Å². The lowest BCUT2D eigenvalue weighted by atomic mass is 9.81. The first-order valence-electron chi connectivity index (χ1n) is 7.45. The Morgan fingerprint density at radius 2 is 2.11 bits per heavy atom. The topological polar surface area (TPSA) is 40.8 Å². The van der Waals surface area contributed by atoms with Crippen molar-refractivity contribution < 1.29 is 0 Å². The van der Waals surface area contributed by atoms with Gasteiger partial charge in [-0.15, -0.1) is 0 Å². The van der Waals surface area contributed by atoms with Gasteiger partial charge in [0.15, 0.2) is 0 Å². The molecule has 1 aromatic rings. The molecular formula is C16H25N3. The van der Waals surface area contributed by atoms with Gasteiger partial charge in [-0.1, -0.05) is 32.6 Å². The molecule has 0 atom stereocenters. The Morgan fingerprint density at radius 3 is 2.74 bits per heavy atom. The summed E-state index contributed by atoms with van der Waals surface area (Å²) in [6.07, 6.45) is 8.97. The second-order valence-corrected chi connectivity index (χ2v) is 6.05. The van der Waals surface area contributed by atoms with Crippen LogP contribution in [0.25, 0.3) is 0 Å². The van der Waals surface area contributed by atoms with Crippen molar-refractivity contribution >= 4 is 0 Å². The Labute approximate surface area is 116 Å². The number of aryl methyl sites for hydroxylation is 1. The molecule has 0 aliphatic heterocycles. The highest BCUT2D eigenvalue weighted by Gasteiger charge is 2.17. The van der Waals surface area contributed by atoms with E-state index in [1.54, 1.807) is 0 Å². The molecule has 1 aliphatic rings. The van der Waals surface area contributed by atoms with E-state index in [1.165, 1.54) is 37.7 Å². The van der Waals surface area contributed by atoms with Crippen molar-refractivity contribution in [1.82, 2.24) is 9.88 Å². The van der Waals surface area contributed by atoms with Gasteiger partial charge in [-0.2, -0.15) is 5.26 Å². The Morgan fingerprint density at radius 1 is 1.37 bits per heavy atom. The highest BCUT2D eigenvalue weighted by Crippen LogP contribution is 2.29. The highest BCUT2D eigenvalue weighted by atomic mass is 14.9. The van der Waals surface area contributed by atoms with Crippen molar-refractivity contribution in [2.45, 2.75) is 45.6 Å². The fourth-order valence-electron chi connectivity index (χ4n) is 3.00. The second-order valence-electron chi connectivity index (χ2n) is 6.05. The van der Waals surface area contributed by atoms with Gasteiger partial charge >= 0.3 is 0 Å². The molecule has 0 unspecified atom stereocenters. The van der Waals surface area contributed by atoms with Crippen molar-refractivity contribution in [2.75, 3.05) is 6.54 Å². The van der Waals surface area contributed by atoms with Crippen molar-refractivity contribution in [3.63, 3.8) is 0 Å². The van der Waals surface area contributed by atoms with E-state index in [2.05, 4.69) is 18.3 Å². The van der Waals surface area contributed by atoms with Crippen molar-refractivity contribution in [3.05, 3.63) is 23.5 Å². The van der Waals surface area contributed by atoms with Crippen LogP contribution in [0.1, 0.15) is 50.3 Å². The van der Waals surface area contributed by atoms with Gasteiger partial charge < -0.3 is 9.88 Å². The second kappa shape index (κ2) is 6.77. The van der Waals surface area contributed by atoms with Crippen LogP contribution in [0, 0.1) is 23.2 Å². The number of aromatic nitrogens is 1. The van der Waals surface area contributed by atoms with Crippen molar-refractivity contribution in [1.29, 1.82) is 5.26 Å². The lowest BCUT2D eigenvalue weighted by Crippen LogP contribution is -2.20. The molecule has 0 amide bonds. The third-order valence-corrected chi connectivity index (χ3v) is 4.37. The van der Waals surface area contributed by atoms with E-state index in [0.717, 1.165) is 30.6 Å². The molecule has 2 rings (SSSR count). The van der Waals surface area contributed by atoms with Crippen molar-refractivity contribution in [3.8, 4) is 6.07 Å². The monoisotopic (exact) mass is 259 g/mol. The SMILES string of the molecule is CC1CCC(CCNCc2cc(C#N)n(C)c2)CC1. The number of nitrogens with one attached hydrogen (secondary N) is 1. The summed E-state index contributed by atoms with van der Waals surface area (Å²) in [4.78, 5) is 0. The van der Waals surface area contributed by atoms with Crippen LogP contribution in [0.15, 0.2) is 12.3 Å². The molecule has 1 N–H and O–H groups in total. The molecule has 1 saturated carbocycles. The minimum Gasteiger partial charge on any atom is -0.342 e. The molecule has 1 aromatic heterocycles. The van der Waals surface area contributed by atoms with E-state index < -0.39 is 0 Å². The van der Waals surface area contributed by atoms with Gasteiger partial charge in [-0.05, 0) is 36.4 Å². The van der Waals surface area contributed by atoms with E-state index in [4.69, 9.17) is 5.26 Å². The van der Waals surface area contributed by atoms with Crippen LogP contribution in [0.5, 0.6) is 0 Å². The summed E-state index contributed by atoms with van der Waals surface area (Å²) < 4.78 is 1.89. The minimum absolute atomic E-state index is 0.734. The van der Waals surface area contributed by atoms with E-state index in [0.29, 0.717) is 0 Å². The molecule has 0 aromatic carbocycles.